The average molecular weight is 427 g/mol. The van der Waals surface area contributed by atoms with Crippen molar-refractivity contribution in [3.05, 3.63) is 87.5 Å². The number of hydrogen-bond donors (Lipinski definition) is 1. The van der Waals surface area contributed by atoms with Crippen LogP contribution in [0.15, 0.2) is 70.1 Å². The zero-order valence-corrected chi connectivity index (χ0v) is 16.6. The third-order valence-corrected chi connectivity index (χ3v) is 5.03. The molecule has 5 nitrogen and oxygen atoms in total. The molecule has 0 aliphatic heterocycles. The van der Waals surface area contributed by atoms with Crippen molar-refractivity contribution in [2.45, 2.75) is 6.61 Å². The van der Waals surface area contributed by atoms with Gasteiger partial charge in [-0.1, -0.05) is 29.8 Å². The molecule has 7 heteroatoms. The summed E-state index contributed by atoms with van der Waals surface area (Å²) in [5.41, 5.74) is 0.872. The fourth-order valence-electron chi connectivity index (χ4n) is 3.09. The summed E-state index contributed by atoms with van der Waals surface area (Å²) in [6, 6.07) is 14.0. The van der Waals surface area contributed by atoms with Crippen LogP contribution in [0.2, 0.25) is 5.02 Å². The van der Waals surface area contributed by atoms with Crippen LogP contribution in [-0.2, 0) is 6.61 Å². The Morgan fingerprint density at radius 2 is 1.87 bits per heavy atom. The monoisotopic (exact) mass is 426 g/mol. The lowest BCUT2D eigenvalue weighted by Gasteiger charge is -2.11. The van der Waals surface area contributed by atoms with Crippen molar-refractivity contribution >= 4 is 22.6 Å². The van der Waals surface area contributed by atoms with Crippen LogP contribution in [0.1, 0.15) is 5.56 Å². The largest absolute Gasteiger partial charge is 0.507 e. The minimum Gasteiger partial charge on any atom is -0.507 e. The van der Waals surface area contributed by atoms with Gasteiger partial charge in [-0.15, -0.1) is 0 Å². The Bertz CT molecular complexity index is 1260. The number of halogens is 2. The molecule has 3 aromatic carbocycles. The summed E-state index contributed by atoms with van der Waals surface area (Å²) < 4.78 is 30.2. The maximum atomic E-state index is 13.9. The van der Waals surface area contributed by atoms with Crippen LogP contribution in [0.25, 0.3) is 22.1 Å². The fourth-order valence-corrected chi connectivity index (χ4v) is 3.30. The minimum atomic E-state index is -0.497. The molecule has 152 valence electrons. The minimum absolute atomic E-state index is 0.0274. The first-order chi connectivity index (χ1) is 14.5. The molecule has 0 saturated heterocycles. The van der Waals surface area contributed by atoms with Crippen LogP contribution in [0.4, 0.5) is 4.39 Å². The average Bonchev–Trinajstić information content (AvgIpc) is 2.73. The summed E-state index contributed by atoms with van der Waals surface area (Å²) in [6.07, 6.45) is 1.32. The lowest BCUT2D eigenvalue weighted by molar-refractivity contribution is 0.298. The molecule has 1 aromatic heterocycles. The molecule has 0 fully saturated rings. The van der Waals surface area contributed by atoms with Crippen molar-refractivity contribution in [3.63, 3.8) is 0 Å². The predicted octanol–water partition coefficient (Wildman–Crippen LogP) is 5.55. The number of aromatic hydroxyl groups is 1. The number of benzene rings is 3. The summed E-state index contributed by atoms with van der Waals surface area (Å²) in [7, 11) is 1.55. The van der Waals surface area contributed by atoms with Gasteiger partial charge in [-0.05, 0) is 29.8 Å². The van der Waals surface area contributed by atoms with Crippen molar-refractivity contribution in [1.29, 1.82) is 0 Å². The van der Waals surface area contributed by atoms with Crippen molar-refractivity contribution in [2.24, 2.45) is 0 Å². The van der Waals surface area contributed by atoms with Gasteiger partial charge in [0, 0.05) is 17.7 Å². The van der Waals surface area contributed by atoms with E-state index in [9.17, 15) is 14.3 Å². The van der Waals surface area contributed by atoms with Crippen LogP contribution in [0.5, 0.6) is 17.2 Å². The van der Waals surface area contributed by atoms with Crippen molar-refractivity contribution in [1.82, 2.24) is 0 Å². The van der Waals surface area contributed by atoms with E-state index in [0.717, 1.165) is 0 Å². The molecule has 0 saturated carbocycles. The molecule has 0 bridgehead atoms. The van der Waals surface area contributed by atoms with Gasteiger partial charge in [0.15, 0.2) is 0 Å². The molecule has 0 spiro atoms. The van der Waals surface area contributed by atoms with E-state index in [0.29, 0.717) is 16.9 Å². The van der Waals surface area contributed by atoms with E-state index < -0.39 is 5.82 Å². The van der Waals surface area contributed by atoms with Gasteiger partial charge < -0.3 is 19.0 Å². The van der Waals surface area contributed by atoms with Crippen LogP contribution in [-0.4, -0.2) is 12.2 Å². The summed E-state index contributed by atoms with van der Waals surface area (Å²) in [4.78, 5) is 12.9. The maximum absolute atomic E-state index is 13.9. The fraction of sp³-hybridized carbons (Fsp3) is 0.0870. The Hall–Kier alpha value is -3.51. The Morgan fingerprint density at radius 1 is 1.10 bits per heavy atom. The number of ether oxygens (including phenoxy) is 2. The number of phenolic OH excluding ortho intramolecular Hbond substituents is 1. The van der Waals surface area contributed by atoms with Crippen molar-refractivity contribution in [2.75, 3.05) is 7.11 Å². The summed E-state index contributed by atoms with van der Waals surface area (Å²) in [6.45, 7) is -0.148. The molecule has 0 aliphatic rings. The Balaban J connectivity index is 1.68. The summed E-state index contributed by atoms with van der Waals surface area (Å²) >= 11 is 6.00. The molecule has 0 amide bonds. The molecule has 4 rings (SSSR count). The van der Waals surface area contributed by atoms with Gasteiger partial charge in [0.1, 0.15) is 46.9 Å². The Morgan fingerprint density at radius 3 is 2.57 bits per heavy atom. The maximum Gasteiger partial charge on any atom is 0.204 e. The summed E-state index contributed by atoms with van der Waals surface area (Å²) in [5.74, 6) is 0.0672. The second kappa shape index (κ2) is 8.08. The quantitative estimate of drug-likeness (QED) is 0.453. The van der Waals surface area contributed by atoms with Crippen LogP contribution in [0.3, 0.4) is 0 Å². The SMILES string of the molecule is COc1ccc(-c2coc3cc(OCc4c(F)cccc4Cl)cc(O)c3c2=O)cc1. The van der Waals surface area contributed by atoms with Crippen LogP contribution in [0, 0.1) is 5.82 Å². The van der Waals surface area contributed by atoms with Gasteiger partial charge in [-0.25, -0.2) is 4.39 Å². The first-order valence-corrected chi connectivity index (χ1v) is 9.34. The number of rotatable bonds is 5. The third-order valence-electron chi connectivity index (χ3n) is 4.68. The Labute approximate surface area is 175 Å². The molecule has 4 aromatic rings. The molecular formula is C23H16ClFO5. The third kappa shape index (κ3) is 3.69. The van der Waals surface area contributed by atoms with E-state index in [4.69, 9.17) is 25.5 Å². The van der Waals surface area contributed by atoms with E-state index >= 15 is 0 Å². The zero-order chi connectivity index (χ0) is 21.3. The van der Waals surface area contributed by atoms with Crippen molar-refractivity contribution < 1.29 is 23.4 Å². The van der Waals surface area contributed by atoms with Crippen molar-refractivity contribution in [3.8, 4) is 28.4 Å². The molecule has 1 heterocycles. The number of hydrogen-bond acceptors (Lipinski definition) is 5. The molecule has 0 atom stereocenters. The van der Waals surface area contributed by atoms with Gasteiger partial charge in [0.05, 0.1) is 17.7 Å². The number of phenols is 1. The number of fused-ring (bicyclic) bond motifs is 1. The summed E-state index contributed by atoms with van der Waals surface area (Å²) in [5, 5.41) is 10.7. The highest BCUT2D eigenvalue weighted by Gasteiger charge is 2.15. The molecule has 30 heavy (non-hydrogen) atoms. The van der Waals surface area contributed by atoms with Crippen LogP contribution < -0.4 is 14.9 Å². The smallest absolute Gasteiger partial charge is 0.204 e. The Kier molecular flexibility index (Phi) is 5.33. The van der Waals surface area contributed by atoms with Gasteiger partial charge in [0.2, 0.25) is 5.43 Å². The van der Waals surface area contributed by atoms with Crippen LogP contribution >= 0.6 is 11.6 Å². The molecule has 0 unspecified atom stereocenters. The van der Waals surface area contributed by atoms with E-state index in [1.54, 1.807) is 37.4 Å². The first kappa shape index (κ1) is 19.8. The standard InChI is InChI=1S/C23H16ClFO5/c1-28-14-7-5-13(6-8-14)16-11-30-21-10-15(9-20(26)22(21)23(16)27)29-12-17-18(24)3-2-4-19(17)25/h2-11,26H,12H2,1H3. The van der Waals surface area contributed by atoms with Gasteiger partial charge in [-0.3, -0.25) is 4.79 Å². The highest BCUT2D eigenvalue weighted by Crippen LogP contribution is 2.31. The van der Waals surface area contributed by atoms with E-state index in [2.05, 4.69) is 0 Å². The molecular weight excluding hydrogens is 411 g/mol. The molecule has 1 N–H and O–H groups in total. The van der Waals surface area contributed by atoms with Gasteiger partial charge in [0.25, 0.3) is 0 Å². The lowest BCUT2D eigenvalue weighted by Crippen LogP contribution is -2.06. The first-order valence-electron chi connectivity index (χ1n) is 8.96. The highest BCUT2D eigenvalue weighted by atomic mass is 35.5. The predicted molar refractivity (Wildman–Crippen MR) is 112 cm³/mol. The second-order valence-electron chi connectivity index (χ2n) is 6.51. The van der Waals surface area contributed by atoms with E-state index in [-0.39, 0.29) is 45.1 Å². The van der Waals surface area contributed by atoms with E-state index in [1.165, 1.54) is 30.5 Å². The zero-order valence-electron chi connectivity index (χ0n) is 15.8. The normalized spacial score (nSPS) is 10.9. The van der Waals surface area contributed by atoms with Gasteiger partial charge >= 0.3 is 0 Å². The second-order valence-corrected chi connectivity index (χ2v) is 6.92. The lowest BCUT2D eigenvalue weighted by atomic mass is 10.0. The highest BCUT2D eigenvalue weighted by molar-refractivity contribution is 6.31. The van der Waals surface area contributed by atoms with E-state index in [1.807, 2.05) is 0 Å². The molecule has 0 aliphatic carbocycles. The van der Waals surface area contributed by atoms with Gasteiger partial charge in [-0.2, -0.15) is 0 Å². The molecule has 0 radical (unpaired) electrons. The topological polar surface area (TPSA) is 68.9 Å². The number of methoxy groups -OCH3 is 1.